The van der Waals surface area contributed by atoms with E-state index in [-0.39, 0.29) is 6.61 Å². The molecule has 5 nitrogen and oxygen atoms in total. The molecule has 0 aromatic heterocycles. The quantitative estimate of drug-likeness (QED) is 0.630. The summed E-state index contributed by atoms with van der Waals surface area (Å²) in [5.74, 6) is 0. The monoisotopic (exact) mass is 232 g/mol. The van der Waals surface area contributed by atoms with Gasteiger partial charge in [-0.3, -0.25) is 0 Å². The van der Waals surface area contributed by atoms with Crippen LogP contribution in [-0.2, 0) is 4.74 Å². The molecule has 1 aliphatic heterocycles. The van der Waals surface area contributed by atoms with Crippen molar-refractivity contribution in [2.45, 2.75) is 33.9 Å². The van der Waals surface area contributed by atoms with Crippen molar-refractivity contribution in [3.8, 4) is 0 Å². The van der Waals surface area contributed by atoms with Gasteiger partial charge in [-0.05, 0) is 13.8 Å². The van der Waals surface area contributed by atoms with Crippen molar-refractivity contribution in [1.82, 2.24) is 4.90 Å². The first kappa shape index (κ1) is 15.2. The van der Waals surface area contributed by atoms with E-state index in [9.17, 15) is 9.90 Å². The predicted molar refractivity (Wildman–Crippen MR) is 60.1 cm³/mol. The minimum Gasteiger partial charge on any atom is -0.550 e. The molecule has 96 valence electrons. The number of quaternary nitrogens is 1. The molecular formula is C11H24N2O3. The number of nitrogens with zero attached hydrogens (tertiary/aromatic N) is 1. The van der Waals surface area contributed by atoms with Crippen molar-refractivity contribution in [1.29, 1.82) is 0 Å². The topological polar surface area (TPSA) is 57.0 Å². The zero-order chi connectivity index (χ0) is 12.6. The summed E-state index contributed by atoms with van der Waals surface area (Å²) >= 11 is 0. The first-order chi connectivity index (χ1) is 7.56. The van der Waals surface area contributed by atoms with Crippen LogP contribution in [-0.4, -0.2) is 50.0 Å². The van der Waals surface area contributed by atoms with Gasteiger partial charge >= 0.3 is 0 Å². The van der Waals surface area contributed by atoms with E-state index in [0.29, 0.717) is 0 Å². The first-order valence-corrected chi connectivity index (χ1v) is 5.99. The van der Waals surface area contributed by atoms with Crippen LogP contribution in [0.25, 0.3) is 0 Å². The van der Waals surface area contributed by atoms with Crippen LogP contribution in [0.1, 0.15) is 27.7 Å². The highest BCUT2D eigenvalue weighted by Gasteiger charge is 2.28. The minimum absolute atomic E-state index is 0.169. The summed E-state index contributed by atoms with van der Waals surface area (Å²) < 4.78 is 3.85. The first-order valence-electron chi connectivity index (χ1n) is 5.99. The van der Waals surface area contributed by atoms with Gasteiger partial charge in [0.15, 0.2) is 0 Å². The van der Waals surface area contributed by atoms with E-state index >= 15 is 0 Å². The van der Waals surface area contributed by atoms with Crippen LogP contribution in [0.4, 0.5) is 4.79 Å². The molecule has 0 bridgehead atoms. The average molecular weight is 232 g/mol. The van der Waals surface area contributed by atoms with Gasteiger partial charge in [-0.1, -0.05) is 6.92 Å². The lowest BCUT2D eigenvalue weighted by atomic mass is 10.4. The number of hydrogen-bond acceptors (Lipinski definition) is 4. The zero-order valence-electron chi connectivity index (χ0n) is 10.8. The van der Waals surface area contributed by atoms with Crippen LogP contribution < -0.4 is 10.0 Å². The Morgan fingerprint density at radius 1 is 1.50 bits per heavy atom. The Morgan fingerprint density at radius 3 is 2.31 bits per heavy atom. The van der Waals surface area contributed by atoms with Crippen molar-refractivity contribution >= 4 is 6.16 Å². The van der Waals surface area contributed by atoms with Crippen molar-refractivity contribution in [3.63, 3.8) is 0 Å². The Kier molecular flexibility index (Phi) is 7.93. The van der Waals surface area contributed by atoms with Gasteiger partial charge in [0.2, 0.25) is 0 Å². The molecule has 5 heteroatoms. The van der Waals surface area contributed by atoms with Crippen LogP contribution in [0.15, 0.2) is 0 Å². The van der Waals surface area contributed by atoms with Crippen LogP contribution in [0.5, 0.6) is 0 Å². The van der Waals surface area contributed by atoms with Gasteiger partial charge in [0.1, 0.15) is 6.17 Å². The SMILES string of the molecule is CCN1CC[NH+](CC)C1C.CCOC(=O)[O-]. The third-order valence-corrected chi connectivity index (χ3v) is 2.98. The molecule has 1 saturated heterocycles. The number of carbonyl (C=O) groups is 1. The second kappa shape index (κ2) is 8.35. The van der Waals surface area contributed by atoms with Crippen LogP contribution in [0.2, 0.25) is 0 Å². The summed E-state index contributed by atoms with van der Waals surface area (Å²) in [6.07, 6.45) is -0.701. The normalized spacial score (nSPS) is 24.8. The van der Waals surface area contributed by atoms with Gasteiger partial charge in [0.25, 0.3) is 6.16 Å². The average Bonchev–Trinajstić information content (AvgIpc) is 2.59. The lowest BCUT2D eigenvalue weighted by Crippen LogP contribution is -3.13. The van der Waals surface area contributed by atoms with E-state index in [1.54, 1.807) is 11.8 Å². The summed E-state index contributed by atoms with van der Waals surface area (Å²) in [7, 11) is 0. The number of likely N-dealkylation sites (N-methyl/N-ethyl adjacent to an activating group) is 2. The fourth-order valence-electron chi connectivity index (χ4n) is 1.97. The van der Waals surface area contributed by atoms with Crippen LogP contribution >= 0.6 is 0 Å². The minimum atomic E-state index is -1.46. The fraction of sp³-hybridized carbons (Fsp3) is 0.909. The van der Waals surface area contributed by atoms with Gasteiger partial charge in [-0.25, -0.2) is 4.90 Å². The molecule has 0 saturated carbocycles. The maximum Gasteiger partial charge on any atom is 0.251 e. The van der Waals surface area contributed by atoms with Gasteiger partial charge in [-0.15, -0.1) is 0 Å². The molecule has 1 N–H and O–H groups in total. The molecule has 0 amide bonds. The number of nitrogens with one attached hydrogen (secondary N) is 1. The highest BCUT2D eigenvalue weighted by Crippen LogP contribution is 1.95. The third kappa shape index (κ3) is 5.32. The number of carbonyl (C=O) groups excluding carboxylic acids is 1. The van der Waals surface area contributed by atoms with Crippen molar-refractivity contribution in [3.05, 3.63) is 0 Å². The van der Waals surface area contributed by atoms with Gasteiger partial charge in [0, 0.05) is 20.1 Å². The smallest absolute Gasteiger partial charge is 0.251 e. The largest absolute Gasteiger partial charge is 0.550 e. The Balaban J connectivity index is 0.000000325. The summed E-state index contributed by atoms with van der Waals surface area (Å²) in [4.78, 5) is 13.5. The lowest BCUT2D eigenvalue weighted by Gasteiger charge is -2.21. The Bertz CT molecular complexity index is 188. The number of carboxylic acid groups (broad SMARTS) is 1. The third-order valence-electron chi connectivity index (χ3n) is 2.98. The van der Waals surface area contributed by atoms with Gasteiger partial charge in [-0.2, -0.15) is 0 Å². The summed E-state index contributed by atoms with van der Waals surface area (Å²) in [6.45, 7) is 13.7. The van der Waals surface area contributed by atoms with E-state index in [0.717, 1.165) is 6.17 Å². The molecule has 16 heavy (non-hydrogen) atoms. The maximum atomic E-state index is 9.27. The molecule has 1 heterocycles. The summed E-state index contributed by atoms with van der Waals surface area (Å²) in [5.41, 5.74) is 0. The highest BCUT2D eigenvalue weighted by atomic mass is 16.7. The van der Waals surface area contributed by atoms with Crippen molar-refractivity contribution in [2.24, 2.45) is 0 Å². The Labute approximate surface area is 98.0 Å². The molecule has 1 fully saturated rings. The zero-order valence-corrected chi connectivity index (χ0v) is 10.8. The van der Waals surface area contributed by atoms with Crippen molar-refractivity contribution < 1.29 is 19.5 Å². The van der Waals surface area contributed by atoms with E-state index in [4.69, 9.17) is 0 Å². The molecule has 2 unspecified atom stereocenters. The number of hydrogen-bond donors (Lipinski definition) is 1. The Morgan fingerprint density at radius 2 is 2.12 bits per heavy atom. The Hall–Kier alpha value is -0.810. The highest BCUT2D eigenvalue weighted by molar-refractivity contribution is 5.53. The van der Waals surface area contributed by atoms with E-state index in [2.05, 4.69) is 30.4 Å². The number of rotatable bonds is 3. The molecule has 0 aliphatic carbocycles. The molecule has 1 aliphatic rings. The molecule has 0 radical (unpaired) electrons. The van der Waals surface area contributed by atoms with E-state index in [1.165, 1.54) is 26.2 Å². The van der Waals surface area contributed by atoms with E-state index in [1.807, 2.05) is 0 Å². The second-order valence-electron chi connectivity index (χ2n) is 3.75. The van der Waals surface area contributed by atoms with E-state index < -0.39 is 6.16 Å². The van der Waals surface area contributed by atoms with Crippen LogP contribution in [0.3, 0.4) is 0 Å². The van der Waals surface area contributed by atoms with Crippen molar-refractivity contribution in [2.75, 3.05) is 32.8 Å². The standard InChI is InChI=1S/C8H18N2.C3H6O3/c1-4-9-6-7-10(5-2)8(9)3;1-2-6-3(4)5/h8H,4-7H2,1-3H3;2H2,1H3,(H,4,5). The van der Waals surface area contributed by atoms with Crippen LogP contribution in [0, 0.1) is 0 Å². The maximum absolute atomic E-state index is 9.27. The molecule has 0 spiro atoms. The summed E-state index contributed by atoms with van der Waals surface area (Å²) in [6, 6.07) is 0. The fourth-order valence-corrected chi connectivity index (χ4v) is 1.97. The van der Waals surface area contributed by atoms with Gasteiger partial charge in [0.05, 0.1) is 19.6 Å². The molecule has 0 aromatic carbocycles. The second-order valence-corrected chi connectivity index (χ2v) is 3.75. The summed E-state index contributed by atoms with van der Waals surface area (Å²) in [5, 5.41) is 9.27. The van der Waals surface area contributed by atoms with Gasteiger partial charge < -0.3 is 19.5 Å². The molecular weight excluding hydrogens is 208 g/mol. The number of ether oxygens (including phenoxy) is 1. The predicted octanol–water partition coefficient (Wildman–Crippen LogP) is -1.06. The molecule has 2 atom stereocenters. The lowest BCUT2D eigenvalue weighted by molar-refractivity contribution is -0.914. The molecule has 0 aromatic rings. The molecule has 1 rings (SSSR count).